The van der Waals surface area contributed by atoms with Crippen LogP contribution in [0.5, 0.6) is 5.75 Å². The molecular formula is C29H33NO5S2. The highest BCUT2D eigenvalue weighted by atomic mass is 32.2. The maximum absolute atomic E-state index is 13.8. The first-order chi connectivity index (χ1) is 17.5. The number of thiophene rings is 1. The van der Waals surface area contributed by atoms with E-state index in [0.717, 1.165) is 47.6 Å². The molecule has 6 nitrogen and oxygen atoms in total. The van der Waals surface area contributed by atoms with Gasteiger partial charge in [0.2, 0.25) is 0 Å². The summed E-state index contributed by atoms with van der Waals surface area (Å²) < 4.78 is 35.9. The van der Waals surface area contributed by atoms with Crippen molar-refractivity contribution in [1.29, 1.82) is 0 Å². The summed E-state index contributed by atoms with van der Waals surface area (Å²) in [6.45, 7) is 8.50. The van der Waals surface area contributed by atoms with Gasteiger partial charge in [0, 0.05) is 12.6 Å². The number of sulfonamides is 1. The fourth-order valence-electron chi connectivity index (χ4n) is 4.51. The number of anilines is 1. The summed E-state index contributed by atoms with van der Waals surface area (Å²) in [5.41, 5.74) is 6.61. The lowest BCUT2D eigenvalue weighted by atomic mass is 10.0. The maximum Gasteiger partial charge on any atom is 0.328 e. The average Bonchev–Trinajstić information content (AvgIpc) is 3.48. The molecule has 1 aromatic heterocycles. The van der Waals surface area contributed by atoms with Crippen molar-refractivity contribution in [3.63, 3.8) is 0 Å². The first-order valence-electron chi connectivity index (χ1n) is 12.4. The standard InChI is InChI=1S/C29H33NO5S2/c1-19(2)16-30(37(33,34)29-12-20(3)18-36-29)26-14-23-6-5-7-24(23)15-27(26)35-17-25-10-8-22(13-21(25)4)9-11-28(31)32/h8-15,18-19H,5-7,16-17H2,1-4H3,(H,31,32)/b11-9+. The minimum atomic E-state index is -3.76. The highest BCUT2D eigenvalue weighted by Gasteiger charge is 2.31. The van der Waals surface area contributed by atoms with Crippen LogP contribution in [0.4, 0.5) is 5.69 Å². The monoisotopic (exact) mass is 539 g/mol. The van der Waals surface area contributed by atoms with Gasteiger partial charge < -0.3 is 9.84 Å². The molecular weight excluding hydrogens is 506 g/mol. The van der Waals surface area contributed by atoms with Crippen molar-refractivity contribution >= 4 is 39.1 Å². The van der Waals surface area contributed by atoms with Crippen molar-refractivity contribution in [3.8, 4) is 5.75 Å². The van der Waals surface area contributed by atoms with Crippen LogP contribution in [-0.2, 0) is 34.3 Å². The van der Waals surface area contributed by atoms with E-state index < -0.39 is 16.0 Å². The first kappa shape index (κ1) is 26.9. The summed E-state index contributed by atoms with van der Waals surface area (Å²) >= 11 is 1.24. The van der Waals surface area contributed by atoms with Crippen LogP contribution in [0.2, 0.25) is 0 Å². The van der Waals surface area contributed by atoms with Gasteiger partial charge in [-0.05, 0) is 102 Å². The maximum atomic E-state index is 13.8. The second kappa shape index (κ2) is 11.1. The Balaban J connectivity index is 1.70. The van der Waals surface area contributed by atoms with E-state index in [4.69, 9.17) is 9.84 Å². The zero-order chi connectivity index (χ0) is 26.7. The summed E-state index contributed by atoms with van der Waals surface area (Å²) in [6.07, 6.45) is 5.60. The third-order valence-corrected chi connectivity index (χ3v) is 9.70. The Labute approximate surface area is 223 Å². The van der Waals surface area contributed by atoms with Gasteiger partial charge in [-0.2, -0.15) is 0 Å². The summed E-state index contributed by atoms with van der Waals surface area (Å²) in [6, 6.07) is 11.4. The molecule has 0 radical (unpaired) electrons. The Morgan fingerprint density at radius 1 is 1.14 bits per heavy atom. The fourth-order valence-corrected chi connectivity index (χ4v) is 7.49. The fraction of sp³-hybridized carbons (Fsp3) is 0.345. The number of carbonyl (C=O) groups is 1. The van der Waals surface area contributed by atoms with Crippen molar-refractivity contribution in [3.05, 3.63) is 81.2 Å². The molecule has 0 amide bonds. The van der Waals surface area contributed by atoms with Gasteiger partial charge in [-0.3, -0.25) is 4.31 Å². The topological polar surface area (TPSA) is 83.9 Å². The van der Waals surface area contributed by atoms with E-state index in [0.29, 0.717) is 22.2 Å². The van der Waals surface area contributed by atoms with E-state index in [1.54, 1.807) is 12.1 Å². The smallest absolute Gasteiger partial charge is 0.328 e. The molecule has 1 aliphatic rings. The number of rotatable bonds is 10. The number of carboxylic acid groups (broad SMARTS) is 1. The molecule has 2 aromatic carbocycles. The molecule has 4 rings (SSSR count). The Kier molecular flexibility index (Phi) is 8.09. The zero-order valence-electron chi connectivity index (χ0n) is 21.7. The summed E-state index contributed by atoms with van der Waals surface area (Å²) in [7, 11) is -3.76. The number of nitrogens with zero attached hydrogens (tertiary/aromatic N) is 1. The van der Waals surface area contributed by atoms with Crippen LogP contribution in [0.3, 0.4) is 0 Å². The summed E-state index contributed by atoms with van der Waals surface area (Å²) in [5.74, 6) is -0.314. The predicted octanol–water partition coefficient (Wildman–Crippen LogP) is 6.38. The summed E-state index contributed by atoms with van der Waals surface area (Å²) in [5, 5.41) is 10.7. The van der Waals surface area contributed by atoms with Crippen LogP contribution in [0.1, 0.15) is 53.6 Å². The van der Waals surface area contributed by atoms with Crippen molar-refractivity contribution in [2.45, 2.75) is 57.8 Å². The van der Waals surface area contributed by atoms with Crippen molar-refractivity contribution < 1.29 is 23.1 Å². The van der Waals surface area contributed by atoms with Crippen LogP contribution in [0.25, 0.3) is 6.08 Å². The van der Waals surface area contributed by atoms with Gasteiger partial charge in [0.1, 0.15) is 16.6 Å². The van der Waals surface area contributed by atoms with Gasteiger partial charge in [0.25, 0.3) is 10.0 Å². The molecule has 0 saturated heterocycles. The lowest BCUT2D eigenvalue weighted by Gasteiger charge is -2.28. The molecule has 0 atom stereocenters. The molecule has 0 saturated carbocycles. The number of fused-ring (bicyclic) bond motifs is 1. The minimum absolute atomic E-state index is 0.116. The number of benzene rings is 2. The van der Waals surface area contributed by atoms with Gasteiger partial charge in [-0.15, -0.1) is 11.3 Å². The van der Waals surface area contributed by atoms with Crippen LogP contribution in [0.15, 0.2) is 52.1 Å². The Bertz CT molecular complexity index is 1440. The van der Waals surface area contributed by atoms with Gasteiger partial charge in [-0.25, -0.2) is 13.2 Å². The Morgan fingerprint density at radius 3 is 2.49 bits per heavy atom. The molecule has 0 bridgehead atoms. The Morgan fingerprint density at radius 2 is 1.86 bits per heavy atom. The van der Waals surface area contributed by atoms with Crippen molar-refractivity contribution in [2.75, 3.05) is 10.8 Å². The number of hydrogen-bond acceptors (Lipinski definition) is 5. The lowest BCUT2D eigenvalue weighted by molar-refractivity contribution is -0.131. The van der Waals surface area contributed by atoms with E-state index in [1.807, 2.05) is 63.4 Å². The molecule has 37 heavy (non-hydrogen) atoms. The highest BCUT2D eigenvalue weighted by molar-refractivity contribution is 7.94. The van der Waals surface area contributed by atoms with Gasteiger partial charge in [0.05, 0.1) is 5.69 Å². The molecule has 1 aliphatic carbocycles. The molecule has 196 valence electrons. The Hall–Kier alpha value is -3.10. The van der Waals surface area contributed by atoms with Crippen LogP contribution >= 0.6 is 11.3 Å². The number of carboxylic acids is 1. The molecule has 0 fully saturated rings. The SMILES string of the molecule is Cc1csc(S(=O)(=O)N(CC(C)C)c2cc3c(cc2OCc2ccc(/C=C/C(=O)O)cc2C)CCC3)c1. The number of hydrogen-bond donors (Lipinski definition) is 1. The lowest BCUT2D eigenvalue weighted by Crippen LogP contribution is -2.34. The molecule has 3 aromatic rings. The third kappa shape index (κ3) is 6.25. The van der Waals surface area contributed by atoms with E-state index in [9.17, 15) is 13.2 Å². The normalized spacial score (nSPS) is 13.3. The minimum Gasteiger partial charge on any atom is -0.487 e. The molecule has 0 spiro atoms. The largest absolute Gasteiger partial charge is 0.487 e. The van der Waals surface area contributed by atoms with E-state index in [2.05, 4.69) is 0 Å². The number of ether oxygens (including phenoxy) is 1. The molecule has 8 heteroatoms. The zero-order valence-corrected chi connectivity index (χ0v) is 23.3. The van der Waals surface area contributed by atoms with E-state index in [-0.39, 0.29) is 12.5 Å². The molecule has 0 aliphatic heterocycles. The second-order valence-electron chi connectivity index (χ2n) is 9.96. The molecule has 0 unspecified atom stereocenters. The van der Waals surface area contributed by atoms with Gasteiger partial charge in [-0.1, -0.05) is 32.0 Å². The first-order valence-corrected chi connectivity index (χ1v) is 14.7. The van der Waals surface area contributed by atoms with Gasteiger partial charge >= 0.3 is 5.97 Å². The molecule has 1 N–H and O–H groups in total. The van der Waals surface area contributed by atoms with E-state index in [1.165, 1.54) is 26.8 Å². The molecule has 1 heterocycles. The van der Waals surface area contributed by atoms with Crippen LogP contribution in [-0.4, -0.2) is 26.0 Å². The van der Waals surface area contributed by atoms with Crippen molar-refractivity contribution in [2.24, 2.45) is 5.92 Å². The second-order valence-corrected chi connectivity index (χ2v) is 13.0. The predicted molar refractivity (Wildman–Crippen MR) is 149 cm³/mol. The van der Waals surface area contributed by atoms with E-state index >= 15 is 0 Å². The highest BCUT2D eigenvalue weighted by Crippen LogP contribution is 2.40. The quantitative estimate of drug-likeness (QED) is 0.302. The van der Waals surface area contributed by atoms with Crippen LogP contribution < -0.4 is 9.04 Å². The van der Waals surface area contributed by atoms with Crippen molar-refractivity contribution in [1.82, 2.24) is 0 Å². The van der Waals surface area contributed by atoms with Crippen LogP contribution in [0, 0.1) is 19.8 Å². The number of aryl methyl sites for hydroxylation is 4. The average molecular weight is 540 g/mol. The number of aliphatic carboxylic acids is 1. The third-order valence-electron chi connectivity index (χ3n) is 6.39. The summed E-state index contributed by atoms with van der Waals surface area (Å²) in [4.78, 5) is 10.8. The van der Waals surface area contributed by atoms with Gasteiger partial charge in [0.15, 0.2) is 0 Å².